The summed E-state index contributed by atoms with van der Waals surface area (Å²) in [4.78, 5) is 25.6. The lowest BCUT2D eigenvalue weighted by Crippen LogP contribution is -2.28. The van der Waals surface area contributed by atoms with Crippen LogP contribution in [-0.4, -0.2) is 30.9 Å². The molecule has 1 amide bonds. The molecular formula is C20H20N2O3. The Hall–Kier alpha value is -3.08. The van der Waals surface area contributed by atoms with E-state index in [0.717, 1.165) is 17.5 Å². The second kappa shape index (κ2) is 7.66. The number of amides is 1. The second-order valence-corrected chi connectivity index (χ2v) is 5.85. The number of rotatable bonds is 6. The first kappa shape index (κ1) is 16.8. The van der Waals surface area contributed by atoms with Gasteiger partial charge in [0.2, 0.25) is 0 Å². The van der Waals surface area contributed by atoms with Gasteiger partial charge in [-0.15, -0.1) is 0 Å². The summed E-state index contributed by atoms with van der Waals surface area (Å²) >= 11 is 0. The molecule has 0 aliphatic heterocycles. The minimum absolute atomic E-state index is 0.00593. The van der Waals surface area contributed by atoms with Crippen molar-refractivity contribution in [1.29, 1.82) is 0 Å². The van der Waals surface area contributed by atoms with Gasteiger partial charge in [-0.25, -0.2) is 4.79 Å². The zero-order valence-electron chi connectivity index (χ0n) is 14.1. The summed E-state index contributed by atoms with van der Waals surface area (Å²) in [6, 6.07) is 18.1. The van der Waals surface area contributed by atoms with Gasteiger partial charge in [-0.1, -0.05) is 30.3 Å². The molecule has 0 unspecified atom stereocenters. The smallest absolute Gasteiger partial charge is 0.338 e. The highest BCUT2D eigenvalue weighted by atomic mass is 16.4. The number of para-hydroxylation sites is 1. The molecule has 5 heteroatoms. The van der Waals surface area contributed by atoms with Crippen molar-refractivity contribution in [3.8, 4) is 0 Å². The lowest BCUT2D eigenvalue weighted by molar-refractivity contribution is 0.0794. The van der Waals surface area contributed by atoms with Gasteiger partial charge >= 0.3 is 5.63 Å². The molecule has 0 aliphatic rings. The fourth-order valence-corrected chi connectivity index (χ4v) is 2.70. The molecule has 5 nitrogen and oxygen atoms in total. The quantitative estimate of drug-likeness (QED) is 0.554. The van der Waals surface area contributed by atoms with Crippen LogP contribution in [0.3, 0.4) is 0 Å². The summed E-state index contributed by atoms with van der Waals surface area (Å²) in [6.07, 6.45) is 0.767. The molecule has 1 heterocycles. The molecule has 0 saturated carbocycles. The van der Waals surface area contributed by atoms with Crippen molar-refractivity contribution in [3.05, 3.63) is 76.6 Å². The molecule has 0 atom stereocenters. The van der Waals surface area contributed by atoms with E-state index in [1.807, 2.05) is 48.5 Å². The molecule has 0 fully saturated rings. The average Bonchev–Trinajstić information content (AvgIpc) is 2.64. The Bertz CT molecular complexity index is 919. The molecule has 0 aliphatic carbocycles. The van der Waals surface area contributed by atoms with E-state index in [1.165, 1.54) is 6.07 Å². The van der Waals surface area contributed by atoms with Crippen LogP contribution < -0.4 is 10.9 Å². The van der Waals surface area contributed by atoms with Crippen LogP contribution in [0.1, 0.15) is 16.8 Å². The van der Waals surface area contributed by atoms with Crippen molar-refractivity contribution >= 4 is 22.6 Å². The number of benzene rings is 2. The predicted octanol–water partition coefficient (Wildman–Crippen LogP) is 3.37. The number of fused-ring (bicyclic) bond motifs is 1. The largest absolute Gasteiger partial charge is 0.423 e. The maximum Gasteiger partial charge on any atom is 0.338 e. The third kappa shape index (κ3) is 4.07. The molecule has 0 saturated heterocycles. The van der Waals surface area contributed by atoms with E-state index >= 15 is 0 Å². The van der Waals surface area contributed by atoms with Crippen LogP contribution in [0.2, 0.25) is 0 Å². The SMILES string of the molecule is CN(CCCNc1cc(=O)oc2ccccc12)C(=O)c1ccccc1. The molecule has 2 aromatic carbocycles. The van der Waals surface area contributed by atoms with E-state index in [2.05, 4.69) is 5.32 Å². The lowest BCUT2D eigenvalue weighted by Gasteiger charge is -2.17. The summed E-state index contributed by atoms with van der Waals surface area (Å²) in [6.45, 7) is 1.28. The maximum atomic E-state index is 12.3. The molecule has 3 aromatic rings. The summed E-state index contributed by atoms with van der Waals surface area (Å²) < 4.78 is 5.18. The van der Waals surface area contributed by atoms with E-state index in [-0.39, 0.29) is 11.5 Å². The van der Waals surface area contributed by atoms with Gasteiger partial charge in [0.15, 0.2) is 0 Å². The molecular weight excluding hydrogens is 316 g/mol. The molecule has 1 aromatic heterocycles. The van der Waals surface area contributed by atoms with Gasteiger partial charge in [-0.2, -0.15) is 0 Å². The van der Waals surface area contributed by atoms with Crippen LogP contribution >= 0.6 is 0 Å². The van der Waals surface area contributed by atoms with Crippen molar-refractivity contribution in [2.24, 2.45) is 0 Å². The van der Waals surface area contributed by atoms with Crippen LogP contribution in [0.25, 0.3) is 11.0 Å². The fourth-order valence-electron chi connectivity index (χ4n) is 2.70. The number of carbonyl (C=O) groups excluding carboxylic acids is 1. The van der Waals surface area contributed by atoms with Crippen molar-refractivity contribution in [2.75, 3.05) is 25.5 Å². The van der Waals surface area contributed by atoms with Crippen LogP contribution in [0, 0.1) is 0 Å². The zero-order chi connectivity index (χ0) is 17.6. The number of anilines is 1. The zero-order valence-corrected chi connectivity index (χ0v) is 14.1. The monoisotopic (exact) mass is 336 g/mol. The van der Waals surface area contributed by atoms with E-state index in [0.29, 0.717) is 24.2 Å². The Balaban J connectivity index is 1.57. The summed E-state index contributed by atoms with van der Waals surface area (Å²) in [5, 5.41) is 4.14. The first-order chi connectivity index (χ1) is 12.1. The van der Waals surface area contributed by atoms with Gasteiger partial charge in [-0.05, 0) is 30.7 Å². The number of hydrogen-bond donors (Lipinski definition) is 1. The van der Waals surface area contributed by atoms with Crippen molar-refractivity contribution in [2.45, 2.75) is 6.42 Å². The predicted molar refractivity (Wildman–Crippen MR) is 99.0 cm³/mol. The minimum atomic E-state index is -0.377. The van der Waals surface area contributed by atoms with Gasteiger partial charge in [0.25, 0.3) is 5.91 Å². The fraction of sp³-hybridized carbons (Fsp3) is 0.200. The van der Waals surface area contributed by atoms with Gasteiger partial charge < -0.3 is 14.6 Å². The van der Waals surface area contributed by atoms with Crippen molar-refractivity contribution in [3.63, 3.8) is 0 Å². The highest BCUT2D eigenvalue weighted by Gasteiger charge is 2.10. The average molecular weight is 336 g/mol. The normalized spacial score (nSPS) is 10.6. The minimum Gasteiger partial charge on any atom is -0.423 e. The van der Waals surface area contributed by atoms with Crippen LogP contribution in [0.4, 0.5) is 5.69 Å². The van der Waals surface area contributed by atoms with Gasteiger partial charge in [0.05, 0.1) is 5.69 Å². The summed E-state index contributed by atoms with van der Waals surface area (Å²) in [7, 11) is 1.79. The maximum absolute atomic E-state index is 12.3. The van der Waals surface area contributed by atoms with Crippen LogP contribution in [-0.2, 0) is 0 Å². The summed E-state index contributed by atoms with van der Waals surface area (Å²) in [5.74, 6) is 0.00593. The van der Waals surface area contributed by atoms with Gasteiger partial charge in [-0.3, -0.25) is 4.79 Å². The van der Waals surface area contributed by atoms with Gasteiger partial charge in [0, 0.05) is 37.2 Å². The Morgan fingerprint density at radius 3 is 2.60 bits per heavy atom. The molecule has 0 spiro atoms. The molecule has 25 heavy (non-hydrogen) atoms. The molecule has 1 N–H and O–H groups in total. The third-order valence-electron chi connectivity index (χ3n) is 4.00. The number of nitrogens with zero attached hydrogens (tertiary/aromatic N) is 1. The van der Waals surface area contributed by atoms with E-state index < -0.39 is 0 Å². The number of hydrogen-bond acceptors (Lipinski definition) is 4. The van der Waals surface area contributed by atoms with Crippen molar-refractivity contribution < 1.29 is 9.21 Å². The highest BCUT2D eigenvalue weighted by molar-refractivity contribution is 5.94. The van der Waals surface area contributed by atoms with Crippen LogP contribution in [0.5, 0.6) is 0 Å². The second-order valence-electron chi connectivity index (χ2n) is 5.85. The van der Waals surface area contributed by atoms with E-state index in [9.17, 15) is 9.59 Å². The topological polar surface area (TPSA) is 62.6 Å². The van der Waals surface area contributed by atoms with Gasteiger partial charge in [0.1, 0.15) is 5.58 Å². The highest BCUT2D eigenvalue weighted by Crippen LogP contribution is 2.20. The molecule has 0 bridgehead atoms. The standard InChI is InChI=1S/C20H20N2O3/c1-22(20(24)15-8-3-2-4-9-15)13-7-12-21-17-14-19(23)25-18-11-6-5-10-16(17)18/h2-6,8-11,14,21H,7,12-13H2,1H3. The Labute approximate surface area is 145 Å². The number of carbonyl (C=O) groups is 1. The Kier molecular flexibility index (Phi) is 5.14. The van der Waals surface area contributed by atoms with Crippen LogP contribution in [0.15, 0.2) is 69.9 Å². The third-order valence-corrected chi connectivity index (χ3v) is 4.00. The lowest BCUT2D eigenvalue weighted by atomic mass is 10.2. The number of nitrogens with one attached hydrogen (secondary N) is 1. The Morgan fingerprint density at radius 2 is 1.80 bits per heavy atom. The van der Waals surface area contributed by atoms with Crippen molar-refractivity contribution in [1.82, 2.24) is 4.90 Å². The summed E-state index contributed by atoms with van der Waals surface area (Å²) in [5.41, 5.74) is 1.62. The molecule has 128 valence electrons. The molecule has 3 rings (SSSR count). The Morgan fingerprint density at radius 1 is 1.08 bits per heavy atom. The first-order valence-electron chi connectivity index (χ1n) is 8.22. The van der Waals surface area contributed by atoms with E-state index in [4.69, 9.17) is 4.42 Å². The first-order valence-corrected chi connectivity index (χ1v) is 8.22. The van der Waals surface area contributed by atoms with E-state index in [1.54, 1.807) is 18.0 Å². The molecule has 0 radical (unpaired) electrons.